The van der Waals surface area contributed by atoms with Crippen molar-refractivity contribution in [1.82, 2.24) is 0 Å². The standard InChI is InChI=1S/C11H25P/c1-4-7-8-9-11(6-3)12-10-5-2/h11-12H,4-10H2,1-3H3. The third kappa shape index (κ3) is 7.10. The minimum atomic E-state index is 1.05. The normalized spacial score (nSPS) is 14.2. The van der Waals surface area contributed by atoms with Crippen molar-refractivity contribution in [3.63, 3.8) is 0 Å². The molecule has 2 atom stereocenters. The molecule has 0 spiro atoms. The van der Waals surface area contributed by atoms with Gasteiger partial charge in [-0.3, -0.25) is 0 Å². The molecule has 0 saturated heterocycles. The minimum absolute atomic E-state index is 1.05. The third-order valence-electron chi connectivity index (χ3n) is 2.33. The Bertz CT molecular complexity index is 81.1. The van der Waals surface area contributed by atoms with Crippen molar-refractivity contribution >= 4 is 8.58 Å². The first-order valence-electron chi connectivity index (χ1n) is 5.58. The van der Waals surface area contributed by atoms with Crippen LogP contribution in [0.15, 0.2) is 0 Å². The quantitative estimate of drug-likeness (QED) is 0.390. The van der Waals surface area contributed by atoms with Crippen LogP contribution in [0.1, 0.15) is 59.3 Å². The lowest BCUT2D eigenvalue weighted by Crippen LogP contribution is -1.99. The van der Waals surface area contributed by atoms with E-state index in [4.69, 9.17) is 0 Å². The van der Waals surface area contributed by atoms with Crippen molar-refractivity contribution in [2.75, 3.05) is 6.16 Å². The Kier molecular flexibility index (Phi) is 9.86. The van der Waals surface area contributed by atoms with Crippen molar-refractivity contribution in [2.45, 2.75) is 65.0 Å². The van der Waals surface area contributed by atoms with E-state index >= 15 is 0 Å². The molecule has 74 valence electrons. The highest BCUT2D eigenvalue weighted by Crippen LogP contribution is 2.27. The van der Waals surface area contributed by atoms with Gasteiger partial charge in [-0.1, -0.05) is 46.5 Å². The van der Waals surface area contributed by atoms with Crippen LogP contribution in [-0.2, 0) is 0 Å². The van der Waals surface area contributed by atoms with Gasteiger partial charge in [-0.05, 0) is 24.7 Å². The van der Waals surface area contributed by atoms with Gasteiger partial charge < -0.3 is 0 Å². The summed E-state index contributed by atoms with van der Waals surface area (Å²) < 4.78 is 0. The van der Waals surface area contributed by atoms with Crippen LogP contribution < -0.4 is 0 Å². The fourth-order valence-electron chi connectivity index (χ4n) is 1.44. The molecule has 0 aliphatic heterocycles. The number of hydrogen-bond donors (Lipinski definition) is 0. The number of unbranched alkanes of at least 4 members (excludes halogenated alkanes) is 2. The summed E-state index contributed by atoms with van der Waals surface area (Å²) in [6.07, 6.45) is 10.0. The Morgan fingerprint density at radius 2 is 1.75 bits per heavy atom. The van der Waals surface area contributed by atoms with Gasteiger partial charge in [-0.2, -0.15) is 0 Å². The molecule has 0 aliphatic rings. The van der Waals surface area contributed by atoms with E-state index in [1.54, 1.807) is 0 Å². The third-order valence-corrected chi connectivity index (χ3v) is 4.39. The Hall–Kier alpha value is 0.430. The summed E-state index contributed by atoms with van der Waals surface area (Å²) in [4.78, 5) is 0. The lowest BCUT2D eigenvalue weighted by Gasteiger charge is -2.13. The zero-order valence-electron chi connectivity index (χ0n) is 9.03. The van der Waals surface area contributed by atoms with Gasteiger partial charge in [-0.25, -0.2) is 0 Å². The Labute approximate surface area is 80.3 Å². The van der Waals surface area contributed by atoms with Crippen LogP contribution in [0, 0.1) is 0 Å². The topological polar surface area (TPSA) is 0 Å². The average Bonchev–Trinajstić information content (AvgIpc) is 2.11. The molecule has 0 rings (SSSR count). The van der Waals surface area contributed by atoms with Gasteiger partial charge in [0.2, 0.25) is 0 Å². The van der Waals surface area contributed by atoms with Crippen LogP contribution in [0.5, 0.6) is 0 Å². The molecule has 0 aromatic rings. The maximum absolute atomic E-state index is 2.35. The minimum Gasteiger partial charge on any atom is -0.119 e. The molecular formula is C11H25P. The van der Waals surface area contributed by atoms with Gasteiger partial charge in [0, 0.05) is 0 Å². The Morgan fingerprint density at radius 1 is 1.00 bits per heavy atom. The van der Waals surface area contributed by atoms with Crippen molar-refractivity contribution < 1.29 is 0 Å². The van der Waals surface area contributed by atoms with Gasteiger partial charge in [0.1, 0.15) is 0 Å². The molecule has 0 bridgehead atoms. The molecule has 0 aliphatic carbocycles. The zero-order valence-corrected chi connectivity index (χ0v) is 10.0. The average molecular weight is 188 g/mol. The first kappa shape index (κ1) is 12.4. The van der Waals surface area contributed by atoms with Crippen LogP contribution in [0.25, 0.3) is 0 Å². The summed E-state index contributed by atoms with van der Waals surface area (Å²) in [5.74, 6) is 0. The van der Waals surface area contributed by atoms with Crippen molar-refractivity contribution in [3.8, 4) is 0 Å². The van der Waals surface area contributed by atoms with E-state index in [9.17, 15) is 0 Å². The monoisotopic (exact) mass is 188 g/mol. The second kappa shape index (κ2) is 9.52. The van der Waals surface area contributed by atoms with Gasteiger partial charge >= 0.3 is 0 Å². The summed E-state index contributed by atoms with van der Waals surface area (Å²) in [7, 11) is 1.23. The first-order chi connectivity index (χ1) is 5.85. The van der Waals surface area contributed by atoms with E-state index in [2.05, 4.69) is 20.8 Å². The summed E-state index contributed by atoms with van der Waals surface area (Å²) >= 11 is 0. The number of rotatable bonds is 8. The Balaban J connectivity index is 3.26. The molecule has 1 heteroatoms. The summed E-state index contributed by atoms with van der Waals surface area (Å²) in [6.45, 7) is 6.93. The van der Waals surface area contributed by atoms with Crippen LogP contribution >= 0.6 is 8.58 Å². The number of hydrogen-bond acceptors (Lipinski definition) is 0. The first-order valence-corrected chi connectivity index (χ1v) is 6.86. The predicted octanol–water partition coefficient (Wildman–Crippen LogP) is 4.43. The molecule has 0 heterocycles. The lowest BCUT2D eigenvalue weighted by atomic mass is 10.1. The second-order valence-electron chi connectivity index (χ2n) is 3.56. The van der Waals surface area contributed by atoms with Crippen LogP contribution in [0.2, 0.25) is 0 Å². The van der Waals surface area contributed by atoms with Gasteiger partial charge in [-0.15, -0.1) is 8.58 Å². The maximum atomic E-state index is 2.35. The molecule has 0 saturated carbocycles. The van der Waals surface area contributed by atoms with Gasteiger partial charge in [0.15, 0.2) is 0 Å². The molecule has 12 heavy (non-hydrogen) atoms. The molecule has 0 radical (unpaired) electrons. The Morgan fingerprint density at radius 3 is 2.25 bits per heavy atom. The summed E-state index contributed by atoms with van der Waals surface area (Å²) in [5.41, 5.74) is 1.05. The molecule has 2 unspecified atom stereocenters. The SMILES string of the molecule is CCCCCC(CC)PCCC. The molecule has 0 aromatic heterocycles. The van der Waals surface area contributed by atoms with E-state index in [-0.39, 0.29) is 0 Å². The largest absolute Gasteiger partial charge is 0.119 e. The van der Waals surface area contributed by atoms with E-state index in [0.717, 1.165) is 5.66 Å². The van der Waals surface area contributed by atoms with E-state index < -0.39 is 0 Å². The van der Waals surface area contributed by atoms with Crippen LogP contribution in [-0.4, -0.2) is 11.8 Å². The van der Waals surface area contributed by atoms with Gasteiger partial charge in [0.05, 0.1) is 0 Å². The molecular weight excluding hydrogens is 163 g/mol. The van der Waals surface area contributed by atoms with Crippen LogP contribution in [0.3, 0.4) is 0 Å². The molecule has 0 aromatic carbocycles. The highest BCUT2D eigenvalue weighted by Gasteiger charge is 2.03. The zero-order chi connectivity index (χ0) is 9.23. The van der Waals surface area contributed by atoms with E-state index in [0.29, 0.717) is 0 Å². The maximum Gasteiger partial charge on any atom is -0.0239 e. The van der Waals surface area contributed by atoms with E-state index in [1.165, 1.54) is 53.3 Å². The fourth-order valence-corrected chi connectivity index (χ4v) is 2.83. The highest BCUT2D eigenvalue weighted by molar-refractivity contribution is 7.38. The highest BCUT2D eigenvalue weighted by atomic mass is 31.1. The van der Waals surface area contributed by atoms with Crippen molar-refractivity contribution in [3.05, 3.63) is 0 Å². The van der Waals surface area contributed by atoms with Gasteiger partial charge in [0.25, 0.3) is 0 Å². The molecule has 0 N–H and O–H groups in total. The molecule has 0 nitrogen and oxygen atoms in total. The fraction of sp³-hybridized carbons (Fsp3) is 1.00. The van der Waals surface area contributed by atoms with Crippen molar-refractivity contribution in [2.24, 2.45) is 0 Å². The summed E-state index contributed by atoms with van der Waals surface area (Å²) in [5, 5.41) is 0. The molecule has 0 fully saturated rings. The van der Waals surface area contributed by atoms with Crippen LogP contribution in [0.4, 0.5) is 0 Å². The second-order valence-corrected chi connectivity index (χ2v) is 5.28. The molecule has 0 amide bonds. The lowest BCUT2D eigenvalue weighted by molar-refractivity contribution is 0.632. The summed E-state index contributed by atoms with van der Waals surface area (Å²) in [6, 6.07) is 0. The predicted molar refractivity (Wildman–Crippen MR) is 61.7 cm³/mol. The smallest absolute Gasteiger partial charge is 0.0239 e. The van der Waals surface area contributed by atoms with E-state index in [1.807, 2.05) is 0 Å². The van der Waals surface area contributed by atoms with Crippen molar-refractivity contribution in [1.29, 1.82) is 0 Å².